The van der Waals surface area contributed by atoms with Crippen molar-refractivity contribution < 1.29 is 37.2 Å². The number of phosphoric ester groups is 1. The Kier molecular flexibility index (Phi) is 5.91. The predicted molar refractivity (Wildman–Crippen MR) is 106 cm³/mol. The second-order valence-corrected chi connectivity index (χ2v) is 9.17. The number of aromatic amines is 1. The van der Waals surface area contributed by atoms with Gasteiger partial charge in [0.2, 0.25) is 5.85 Å². The molecular formula is C19H20FN2O9P. The van der Waals surface area contributed by atoms with Gasteiger partial charge in [-0.25, -0.2) is 13.8 Å². The summed E-state index contributed by atoms with van der Waals surface area (Å²) in [6.45, 7) is 0.495. The number of ether oxygens (including phenoxy) is 1. The number of fused-ring (bicyclic) bond motifs is 1. The quantitative estimate of drug-likeness (QED) is 0.470. The molecule has 0 aliphatic carbocycles. The molecule has 2 N–H and O–H groups in total. The van der Waals surface area contributed by atoms with Crippen LogP contribution in [-0.2, 0) is 31.5 Å². The summed E-state index contributed by atoms with van der Waals surface area (Å²) in [5.74, 6) is -2.21. The molecule has 4 rings (SSSR count). The summed E-state index contributed by atoms with van der Waals surface area (Å²) in [5.41, 5.74) is -0.656. The number of carbonyl (C=O) groups excluding carboxylic acids is 1. The number of aldehydes is 1. The van der Waals surface area contributed by atoms with Crippen molar-refractivity contribution in [2.24, 2.45) is 0 Å². The standard InChI is InChI=1S/C19H20FN2O9P/c1-11-3-2-4-12-9-28-32(27,31-16(11)12)29-10-19(20)5-14(24)15(30-19)7-22-6-13(8-23)17(25)21-18(22)26/h2-4,6,8,14-15,24H,5,7,9-10H2,1H3,(H,21,25,26)/t14-,15+,19+,32?/m1/s1. The average Bonchev–Trinajstić information content (AvgIpc) is 3.03. The monoisotopic (exact) mass is 470 g/mol. The van der Waals surface area contributed by atoms with Gasteiger partial charge in [-0.05, 0) is 12.5 Å². The fourth-order valence-corrected chi connectivity index (χ4v) is 4.83. The number of aromatic nitrogens is 2. The maximum Gasteiger partial charge on any atom is 0.530 e. The molecule has 4 atom stereocenters. The first-order valence-corrected chi connectivity index (χ1v) is 11.1. The molecule has 11 nitrogen and oxygen atoms in total. The van der Waals surface area contributed by atoms with Crippen LogP contribution >= 0.6 is 7.82 Å². The van der Waals surface area contributed by atoms with E-state index in [2.05, 4.69) is 0 Å². The number of H-pyrrole nitrogens is 1. The first-order valence-electron chi connectivity index (χ1n) is 9.62. The van der Waals surface area contributed by atoms with E-state index < -0.39 is 50.2 Å². The van der Waals surface area contributed by atoms with Gasteiger partial charge in [-0.15, -0.1) is 0 Å². The molecule has 2 aromatic rings. The van der Waals surface area contributed by atoms with Crippen molar-refractivity contribution in [2.75, 3.05) is 6.61 Å². The number of aliphatic hydroxyl groups excluding tert-OH is 1. The number of phosphoric acid groups is 1. The SMILES string of the molecule is Cc1cccc2c1OP(=O)(OC[C@]1(F)C[C@@H](O)[C@H](Cn3cc(C=O)c(=O)[nH]c3=O)O1)OC2. The van der Waals surface area contributed by atoms with E-state index in [1.807, 2.05) is 4.98 Å². The van der Waals surface area contributed by atoms with Crippen LogP contribution in [0.2, 0.25) is 0 Å². The number of halogens is 1. The molecule has 3 heterocycles. The lowest BCUT2D eigenvalue weighted by Crippen LogP contribution is -2.37. The summed E-state index contributed by atoms with van der Waals surface area (Å²) >= 11 is 0. The van der Waals surface area contributed by atoms with Gasteiger partial charge in [0.15, 0.2) is 6.29 Å². The van der Waals surface area contributed by atoms with Crippen LogP contribution in [0.1, 0.15) is 27.9 Å². The molecule has 0 amide bonds. The van der Waals surface area contributed by atoms with Gasteiger partial charge in [-0.2, -0.15) is 0 Å². The number of benzene rings is 1. The van der Waals surface area contributed by atoms with Gasteiger partial charge in [-0.1, -0.05) is 18.2 Å². The second kappa shape index (κ2) is 8.38. The highest BCUT2D eigenvalue weighted by Gasteiger charge is 2.49. The normalized spacial score (nSPS) is 29.3. The molecular weight excluding hydrogens is 450 g/mol. The van der Waals surface area contributed by atoms with Crippen molar-refractivity contribution in [2.45, 2.75) is 44.6 Å². The van der Waals surface area contributed by atoms with Gasteiger partial charge < -0.3 is 14.4 Å². The first kappa shape index (κ1) is 22.6. The molecule has 0 radical (unpaired) electrons. The van der Waals surface area contributed by atoms with Crippen LogP contribution in [0, 0.1) is 6.92 Å². The van der Waals surface area contributed by atoms with Crippen LogP contribution in [0.5, 0.6) is 5.75 Å². The molecule has 2 aliphatic heterocycles. The molecule has 1 aromatic heterocycles. The van der Waals surface area contributed by atoms with Crippen molar-refractivity contribution in [3.8, 4) is 5.75 Å². The van der Waals surface area contributed by atoms with Crippen LogP contribution in [0.15, 0.2) is 34.0 Å². The summed E-state index contributed by atoms with van der Waals surface area (Å²) in [4.78, 5) is 36.3. The Balaban J connectivity index is 1.43. The lowest BCUT2D eigenvalue weighted by molar-refractivity contribution is -0.162. The number of aryl methyl sites for hydroxylation is 1. The third-order valence-corrected chi connectivity index (χ3v) is 6.46. The lowest BCUT2D eigenvalue weighted by Gasteiger charge is -2.28. The summed E-state index contributed by atoms with van der Waals surface area (Å²) < 4.78 is 49.8. The summed E-state index contributed by atoms with van der Waals surface area (Å²) in [6.07, 6.45) is -1.84. The molecule has 0 bridgehead atoms. The molecule has 2 aliphatic rings. The van der Waals surface area contributed by atoms with Crippen molar-refractivity contribution >= 4 is 14.1 Å². The molecule has 0 saturated carbocycles. The van der Waals surface area contributed by atoms with Crippen molar-refractivity contribution in [3.63, 3.8) is 0 Å². The van der Waals surface area contributed by atoms with Crippen LogP contribution in [0.4, 0.5) is 4.39 Å². The van der Waals surface area contributed by atoms with Crippen LogP contribution in [0.3, 0.4) is 0 Å². The number of alkyl halides is 1. The number of hydrogen-bond acceptors (Lipinski definition) is 9. The smallest absolute Gasteiger partial charge is 0.403 e. The average molecular weight is 470 g/mol. The minimum Gasteiger partial charge on any atom is -0.403 e. The molecule has 1 saturated heterocycles. The Bertz CT molecular complexity index is 1210. The Hall–Kier alpha value is -2.63. The number of aliphatic hydroxyl groups is 1. The van der Waals surface area contributed by atoms with Crippen molar-refractivity contribution in [3.05, 3.63) is 61.9 Å². The van der Waals surface area contributed by atoms with Crippen molar-refractivity contribution in [1.29, 1.82) is 0 Å². The van der Waals surface area contributed by atoms with Crippen LogP contribution in [0.25, 0.3) is 0 Å². The predicted octanol–water partition coefficient (Wildman–Crippen LogP) is 1.21. The number of carbonyl (C=O) groups is 1. The summed E-state index contributed by atoms with van der Waals surface area (Å²) in [5, 5.41) is 10.2. The van der Waals surface area contributed by atoms with Gasteiger partial charge in [0.05, 0.1) is 24.8 Å². The topological polar surface area (TPSA) is 146 Å². The third kappa shape index (κ3) is 4.45. The minimum atomic E-state index is -4.13. The maximum atomic E-state index is 15.2. The van der Waals surface area contributed by atoms with E-state index in [4.69, 9.17) is 18.3 Å². The van der Waals surface area contributed by atoms with Gasteiger partial charge in [-0.3, -0.25) is 28.2 Å². The zero-order chi connectivity index (χ0) is 23.1. The molecule has 172 valence electrons. The van der Waals surface area contributed by atoms with E-state index in [1.54, 1.807) is 25.1 Å². The van der Waals surface area contributed by atoms with Gasteiger partial charge in [0, 0.05) is 18.2 Å². The van der Waals surface area contributed by atoms with E-state index in [1.165, 1.54) is 0 Å². The molecule has 1 fully saturated rings. The molecule has 0 spiro atoms. The Morgan fingerprint density at radius 2 is 2.22 bits per heavy atom. The van der Waals surface area contributed by atoms with Gasteiger partial charge in [0.25, 0.3) is 5.56 Å². The Morgan fingerprint density at radius 1 is 1.44 bits per heavy atom. The minimum absolute atomic E-state index is 0.0477. The van der Waals surface area contributed by atoms with Gasteiger partial charge >= 0.3 is 13.5 Å². The highest BCUT2D eigenvalue weighted by molar-refractivity contribution is 7.49. The number of para-hydroxylation sites is 1. The van der Waals surface area contributed by atoms with E-state index in [0.717, 1.165) is 10.8 Å². The summed E-state index contributed by atoms with van der Waals surface area (Å²) in [6, 6.07) is 5.27. The third-order valence-electron chi connectivity index (χ3n) is 5.16. The van der Waals surface area contributed by atoms with Gasteiger partial charge in [0.1, 0.15) is 18.5 Å². The number of nitrogens with zero attached hydrogens (tertiary/aromatic N) is 1. The largest absolute Gasteiger partial charge is 0.530 e. The Morgan fingerprint density at radius 3 is 2.97 bits per heavy atom. The first-order chi connectivity index (χ1) is 15.1. The lowest BCUT2D eigenvalue weighted by atomic mass is 10.1. The van der Waals surface area contributed by atoms with Crippen molar-refractivity contribution in [1.82, 2.24) is 9.55 Å². The molecule has 13 heteroatoms. The second-order valence-electron chi connectivity index (χ2n) is 7.57. The van der Waals surface area contributed by atoms with Crippen LogP contribution in [-0.4, -0.2) is 45.6 Å². The number of rotatable bonds is 6. The highest BCUT2D eigenvalue weighted by Crippen LogP contribution is 2.56. The van der Waals surface area contributed by atoms with Crippen LogP contribution < -0.4 is 15.8 Å². The fourth-order valence-electron chi connectivity index (χ4n) is 3.52. The molecule has 1 unspecified atom stereocenters. The van der Waals surface area contributed by atoms with E-state index in [9.17, 15) is 24.1 Å². The zero-order valence-corrected chi connectivity index (χ0v) is 17.7. The Labute approximate surface area is 180 Å². The number of nitrogens with one attached hydrogen (secondary N) is 1. The highest BCUT2D eigenvalue weighted by atomic mass is 31.2. The van der Waals surface area contributed by atoms with E-state index in [0.29, 0.717) is 16.9 Å². The fraction of sp³-hybridized carbons (Fsp3) is 0.421. The number of hydrogen-bond donors (Lipinski definition) is 2. The molecule has 1 aromatic carbocycles. The zero-order valence-electron chi connectivity index (χ0n) is 16.9. The van der Waals surface area contributed by atoms with E-state index >= 15 is 4.39 Å². The molecule has 32 heavy (non-hydrogen) atoms. The maximum absolute atomic E-state index is 15.2. The van der Waals surface area contributed by atoms with E-state index in [-0.39, 0.29) is 25.0 Å². The summed E-state index contributed by atoms with van der Waals surface area (Å²) in [7, 11) is -4.13.